The number of esters is 1. The Bertz CT molecular complexity index is 802. The van der Waals surface area contributed by atoms with Gasteiger partial charge in [-0.15, -0.1) is 0 Å². The summed E-state index contributed by atoms with van der Waals surface area (Å²) in [7, 11) is 0. The number of benzene rings is 2. The maximum absolute atomic E-state index is 12.5. The molecule has 2 aromatic rings. The van der Waals surface area contributed by atoms with Crippen LogP contribution in [0.1, 0.15) is 25.3 Å². The van der Waals surface area contributed by atoms with Crippen LogP contribution in [-0.2, 0) is 16.0 Å². The van der Waals surface area contributed by atoms with Gasteiger partial charge >= 0.3 is 5.97 Å². The number of nitrogens with zero attached hydrogens (tertiary/aromatic N) is 1. The fraction of sp³-hybridized carbons (Fsp3) is 0.263. The molecular formula is C19H20N2O6. The second kappa shape index (κ2) is 9.33. The van der Waals surface area contributed by atoms with Gasteiger partial charge in [0.2, 0.25) is 5.91 Å². The summed E-state index contributed by atoms with van der Waals surface area (Å²) < 4.78 is 5.26. The Morgan fingerprint density at radius 3 is 2.33 bits per heavy atom. The van der Waals surface area contributed by atoms with Crippen molar-refractivity contribution in [2.75, 3.05) is 0 Å². The lowest BCUT2D eigenvalue weighted by atomic mass is 10.1. The van der Waals surface area contributed by atoms with Gasteiger partial charge in [-0.2, -0.15) is 0 Å². The van der Waals surface area contributed by atoms with Gasteiger partial charge in [0.15, 0.2) is 0 Å². The van der Waals surface area contributed by atoms with Crippen LogP contribution in [0, 0.1) is 10.1 Å². The van der Waals surface area contributed by atoms with E-state index in [2.05, 4.69) is 5.32 Å². The lowest BCUT2D eigenvalue weighted by Gasteiger charge is -2.17. The summed E-state index contributed by atoms with van der Waals surface area (Å²) in [6.45, 7) is 1.85. The van der Waals surface area contributed by atoms with Crippen molar-refractivity contribution in [2.24, 2.45) is 0 Å². The van der Waals surface area contributed by atoms with Crippen LogP contribution in [0.2, 0.25) is 0 Å². The van der Waals surface area contributed by atoms with Gasteiger partial charge in [0, 0.05) is 25.0 Å². The summed E-state index contributed by atoms with van der Waals surface area (Å²) in [6, 6.07) is 10.4. The third-order valence-corrected chi connectivity index (χ3v) is 3.74. The predicted molar refractivity (Wildman–Crippen MR) is 97.4 cm³/mol. The monoisotopic (exact) mass is 372 g/mol. The minimum absolute atomic E-state index is 0.0961. The van der Waals surface area contributed by atoms with Crippen molar-refractivity contribution in [3.63, 3.8) is 0 Å². The quantitative estimate of drug-likeness (QED) is 0.318. The van der Waals surface area contributed by atoms with Crippen LogP contribution in [0.4, 0.5) is 5.69 Å². The Labute approximate surface area is 155 Å². The van der Waals surface area contributed by atoms with Crippen LogP contribution < -0.4 is 10.1 Å². The van der Waals surface area contributed by atoms with E-state index < -0.39 is 16.9 Å². The number of carbonyl (C=O) groups excluding carboxylic acids is 2. The van der Waals surface area contributed by atoms with Crippen molar-refractivity contribution in [3.8, 4) is 11.5 Å². The number of hydrogen-bond donors (Lipinski definition) is 2. The summed E-state index contributed by atoms with van der Waals surface area (Å²) in [6.07, 6.45) is 1.09. The van der Waals surface area contributed by atoms with E-state index in [1.807, 2.05) is 6.92 Å². The van der Waals surface area contributed by atoms with Crippen LogP contribution in [0.15, 0.2) is 48.5 Å². The molecule has 1 amide bonds. The molecule has 0 fully saturated rings. The first-order valence-corrected chi connectivity index (χ1v) is 8.42. The number of nitrogens with one attached hydrogen (secondary N) is 1. The van der Waals surface area contributed by atoms with Crippen LogP contribution in [0.25, 0.3) is 0 Å². The van der Waals surface area contributed by atoms with Gasteiger partial charge < -0.3 is 15.2 Å². The van der Waals surface area contributed by atoms with E-state index in [1.165, 1.54) is 36.4 Å². The van der Waals surface area contributed by atoms with Gasteiger partial charge in [-0.3, -0.25) is 14.9 Å². The van der Waals surface area contributed by atoms with Crippen LogP contribution >= 0.6 is 0 Å². The Kier molecular flexibility index (Phi) is 6.87. The number of carbonyl (C=O) groups is 2. The molecule has 0 aliphatic carbocycles. The molecule has 0 spiro atoms. The first-order chi connectivity index (χ1) is 12.9. The van der Waals surface area contributed by atoms with Crippen molar-refractivity contribution in [2.45, 2.75) is 32.2 Å². The zero-order valence-corrected chi connectivity index (χ0v) is 14.8. The minimum atomic E-state index is -0.927. The molecule has 1 atom stereocenters. The number of amides is 1. The largest absolute Gasteiger partial charge is 0.508 e. The second-order valence-electron chi connectivity index (χ2n) is 5.91. The Hall–Kier alpha value is -3.42. The molecular weight excluding hydrogens is 352 g/mol. The van der Waals surface area contributed by atoms with E-state index in [9.17, 15) is 24.8 Å². The minimum Gasteiger partial charge on any atom is -0.508 e. The number of nitro benzene ring substituents is 1. The maximum atomic E-state index is 12.5. The number of ether oxygens (including phenoxy) is 1. The number of nitro groups is 1. The molecule has 0 aromatic heterocycles. The Morgan fingerprint density at radius 1 is 1.15 bits per heavy atom. The Morgan fingerprint density at radius 2 is 1.78 bits per heavy atom. The molecule has 8 heteroatoms. The van der Waals surface area contributed by atoms with E-state index in [4.69, 9.17) is 4.74 Å². The van der Waals surface area contributed by atoms with Crippen molar-refractivity contribution >= 4 is 17.6 Å². The van der Waals surface area contributed by atoms with E-state index in [1.54, 1.807) is 12.1 Å². The highest BCUT2D eigenvalue weighted by Crippen LogP contribution is 2.18. The zero-order chi connectivity index (χ0) is 19.8. The van der Waals surface area contributed by atoms with E-state index in [0.717, 1.165) is 5.56 Å². The third-order valence-electron chi connectivity index (χ3n) is 3.74. The summed E-state index contributed by atoms with van der Waals surface area (Å²) in [5, 5.41) is 22.7. The molecule has 2 rings (SSSR count). The fourth-order valence-corrected chi connectivity index (χ4v) is 2.38. The molecule has 0 radical (unpaired) electrons. The van der Waals surface area contributed by atoms with Gasteiger partial charge in [-0.1, -0.05) is 19.1 Å². The smallest absolute Gasteiger partial charge is 0.334 e. The maximum Gasteiger partial charge on any atom is 0.334 e. The molecule has 2 aromatic carbocycles. The SMILES string of the molecule is CCCC(=O)N[C@@H](Cc1ccc(O)cc1)C(=O)Oc1ccc([N+](=O)[O-])cc1. The van der Waals surface area contributed by atoms with Gasteiger partial charge in [-0.25, -0.2) is 4.79 Å². The number of rotatable bonds is 8. The summed E-state index contributed by atoms with van der Waals surface area (Å²) in [5.74, 6) is -0.715. The third kappa shape index (κ3) is 6.10. The molecule has 2 N–H and O–H groups in total. The average Bonchev–Trinajstić information content (AvgIpc) is 2.63. The standard InChI is InChI=1S/C19H20N2O6/c1-2-3-18(23)20-17(12-13-4-8-15(22)9-5-13)19(24)27-16-10-6-14(7-11-16)21(25)26/h4-11,17,22H,2-3,12H2,1H3,(H,20,23)/t17-/m0/s1. The summed E-state index contributed by atoms with van der Waals surface area (Å²) in [5.41, 5.74) is 0.613. The highest BCUT2D eigenvalue weighted by atomic mass is 16.6. The first kappa shape index (κ1) is 19.9. The predicted octanol–water partition coefficient (Wildman–Crippen LogP) is 2.73. The van der Waals surface area contributed by atoms with Gasteiger partial charge in [0.1, 0.15) is 17.5 Å². The van der Waals surface area contributed by atoms with Gasteiger partial charge in [0.05, 0.1) is 4.92 Å². The van der Waals surface area contributed by atoms with Crippen LogP contribution in [-0.4, -0.2) is 27.9 Å². The van der Waals surface area contributed by atoms with Crippen LogP contribution in [0.3, 0.4) is 0 Å². The van der Waals surface area contributed by atoms with E-state index >= 15 is 0 Å². The number of phenols is 1. The highest BCUT2D eigenvalue weighted by molar-refractivity contribution is 5.85. The average molecular weight is 372 g/mol. The molecule has 0 saturated carbocycles. The number of hydrogen-bond acceptors (Lipinski definition) is 6. The molecule has 0 bridgehead atoms. The molecule has 0 unspecified atom stereocenters. The van der Waals surface area contributed by atoms with Crippen LogP contribution in [0.5, 0.6) is 11.5 Å². The molecule has 0 aliphatic heterocycles. The highest BCUT2D eigenvalue weighted by Gasteiger charge is 2.23. The van der Waals surface area contributed by atoms with Crippen molar-refractivity contribution in [3.05, 3.63) is 64.2 Å². The summed E-state index contributed by atoms with van der Waals surface area (Å²) in [4.78, 5) is 34.6. The van der Waals surface area contributed by atoms with E-state index in [0.29, 0.717) is 6.42 Å². The first-order valence-electron chi connectivity index (χ1n) is 8.42. The number of aromatic hydroxyl groups is 1. The normalized spacial score (nSPS) is 11.4. The lowest BCUT2D eigenvalue weighted by molar-refractivity contribution is -0.384. The van der Waals surface area contributed by atoms with Crippen molar-refractivity contribution in [1.29, 1.82) is 0 Å². The fourth-order valence-electron chi connectivity index (χ4n) is 2.38. The molecule has 8 nitrogen and oxygen atoms in total. The lowest BCUT2D eigenvalue weighted by Crippen LogP contribution is -2.44. The van der Waals surface area contributed by atoms with E-state index in [-0.39, 0.29) is 35.9 Å². The van der Waals surface area contributed by atoms with Gasteiger partial charge in [-0.05, 0) is 36.2 Å². The molecule has 0 saturated heterocycles. The molecule has 0 heterocycles. The molecule has 27 heavy (non-hydrogen) atoms. The second-order valence-corrected chi connectivity index (χ2v) is 5.91. The molecule has 142 valence electrons. The van der Waals surface area contributed by atoms with Gasteiger partial charge in [0.25, 0.3) is 5.69 Å². The number of phenolic OH excluding ortho intramolecular Hbond substituents is 1. The molecule has 0 aliphatic rings. The Balaban J connectivity index is 2.12. The zero-order valence-electron chi connectivity index (χ0n) is 14.8. The topological polar surface area (TPSA) is 119 Å². The van der Waals surface area contributed by atoms with Crippen molar-refractivity contribution < 1.29 is 24.4 Å². The summed E-state index contributed by atoms with van der Waals surface area (Å²) >= 11 is 0. The van der Waals surface area contributed by atoms with Crippen molar-refractivity contribution in [1.82, 2.24) is 5.32 Å². The number of non-ortho nitro benzene ring substituents is 1.